The maximum Gasteiger partial charge on any atom is 0.242 e. The molecule has 0 radical (unpaired) electrons. The van der Waals surface area contributed by atoms with Crippen LogP contribution in [0.5, 0.6) is 0 Å². The predicted molar refractivity (Wildman–Crippen MR) is 113 cm³/mol. The number of carbonyl (C=O) groups excluding carboxylic acids is 2. The molecule has 0 fully saturated rings. The Kier molecular flexibility index (Phi) is 8.14. The zero-order valence-electron chi connectivity index (χ0n) is 15.1. The Bertz CT molecular complexity index is 792. The van der Waals surface area contributed by atoms with Gasteiger partial charge in [-0.3, -0.25) is 9.59 Å². The van der Waals surface area contributed by atoms with E-state index >= 15 is 0 Å². The highest BCUT2D eigenvalue weighted by Crippen LogP contribution is 2.26. The number of nitrogens with one attached hydrogen (secondary N) is 1. The van der Waals surface area contributed by atoms with E-state index < -0.39 is 6.04 Å². The van der Waals surface area contributed by atoms with Gasteiger partial charge in [0, 0.05) is 27.6 Å². The minimum atomic E-state index is -0.623. The number of halogens is 3. The van der Waals surface area contributed by atoms with E-state index in [0.717, 1.165) is 10.0 Å². The first-order valence-electron chi connectivity index (χ1n) is 8.58. The number of amides is 2. The standard InChI is InChI=1S/C20H21BrCl2N2O2/c1-3-24-20(27)13(2)25(12-14-7-9-15(21)10-8-14)19(26)11-16-17(22)5-4-6-18(16)23/h4-10,13H,3,11-12H2,1-2H3,(H,24,27). The van der Waals surface area contributed by atoms with Crippen LogP contribution in [0.25, 0.3) is 0 Å². The molecule has 0 spiro atoms. The van der Waals surface area contributed by atoms with Gasteiger partial charge in [0.2, 0.25) is 11.8 Å². The minimum absolute atomic E-state index is 0.0266. The number of likely N-dealkylation sites (N-methyl/N-ethyl adjacent to an activating group) is 1. The Morgan fingerprint density at radius 2 is 1.70 bits per heavy atom. The molecule has 2 aromatic rings. The maximum absolute atomic E-state index is 13.1. The molecule has 0 aromatic heterocycles. The SMILES string of the molecule is CCNC(=O)C(C)N(Cc1ccc(Br)cc1)C(=O)Cc1c(Cl)cccc1Cl. The molecule has 1 N–H and O–H groups in total. The van der Waals surface area contributed by atoms with Crippen molar-refractivity contribution in [3.63, 3.8) is 0 Å². The van der Waals surface area contributed by atoms with Crippen molar-refractivity contribution in [1.29, 1.82) is 0 Å². The van der Waals surface area contributed by atoms with E-state index in [9.17, 15) is 9.59 Å². The third-order valence-electron chi connectivity index (χ3n) is 4.17. The molecule has 0 aliphatic heterocycles. The van der Waals surface area contributed by atoms with Crippen LogP contribution < -0.4 is 5.32 Å². The van der Waals surface area contributed by atoms with Gasteiger partial charge >= 0.3 is 0 Å². The second kappa shape index (κ2) is 10.1. The van der Waals surface area contributed by atoms with E-state index in [4.69, 9.17) is 23.2 Å². The maximum atomic E-state index is 13.1. The normalized spacial score (nSPS) is 11.7. The molecule has 1 atom stereocenters. The van der Waals surface area contributed by atoms with Crippen molar-refractivity contribution in [2.75, 3.05) is 6.54 Å². The summed E-state index contributed by atoms with van der Waals surface area (Å²) in [7, 11) is 0. The van der Waals surface area contributed by atoms with Crippen molar-refractivity contribution in [3.8, 4) is 0 Å². The van der Waals surface area contributed by atoms with Crippen LogP contribution in [0.15, 0.2) is 46.9 Å². The van der Waals surface area contributed by atoms with Gasteiger partial charge in [-0.15, -0.1) is 0 Å². The lowest BCUT2D eigenvalue weighted by atomic mass is 10.1. The highest BCUT2D eigenvalue weighted by atomic mass is 79.9. The molecule has 7 heteroatoms. The van der Waals surface area contributed by atoms with Crippen molar-refractivity contribution in [1.82, 2.24) is 10.2 Å². The Morgan fingerprint density at radius 1 is 1.11 bits per heavy atom. The highest BCUT2D eigenvalue weighted by Gasteiger charge is 2.26. The third-order valence-corrected chi connectivity index (χ3v) is 5.41. The zero-order valence-corrected chi connectivity index (χ0v) is 18.2. The van der Waals surface area contributed by atoms with Gasteiger partial charge < -0.3 is 10.2 Å². The first kappa shape index (κ1) is 21.7. The lowest BCUT2D eigenvalue weighted by Crippen LogP contribution is -2.48. The summed E-state index contributed by atoms with van der Waals surface area (Å²) in [5, 5.41) is 3.64. The fraction of sp³-hybridized carbons (Fsp3) is 0.300. The summed E-state index contributed by atoms with van der Waals surface area (Å²) in [6.07, 6.45) is 0.0266. The number of benzene rings is 2. The van der Waals surface area contributed by atoms with Crippen LogP contribution in [0.2, 0.25) is 10.0 Å². The zero-order chi connectivity index (χ0) is 20.0. The Hall–Kier alpha value is -1.56. The molecule has 2 amide bonds. The summed E-state index contributed by atoms with van der Waals surface area (Å²) in [5.74, 6) is -0.417. The van der Waals surface area contributed by atoms with E-state index in [2.05, 4.69) is 21.2 Å². The Balaban J connectivity index is 2.28. The Labute approximate surface area is 178 Å². The van der Waals surface area contributed by atoms with Gasteiger partial charge in [0.1, 0.15) is 6.04 Å². The molecule has 1 unspecified atom stereocenters. The van der Waals surface area contributed by atoms with Gasteiger partial charge in [-0.05, 0) is 49.2 Å². The molecule has 0 saturated heterocycles. The van der Waals surface area contributed by atoms with Gasteiger partial charge in [-0.1, -0.05) is 57.3 Å². The van der Waals surface area contributed by atoms with Gasteiger partial charge in [-0.2, -0.15) is 0 Å². The molecule has 0 heterocycles. The summed E-state index contributed by atoms with van der Waals surface area (Å²) in [4.78, 5) is 27.0. The van der Waals surface area contributed by atoms with E-state index in [1.54, 1.807) is 30.0 Å². The molecule has 2 rings (SSSR count). The van der Waals surface area contributed by atoms with Crippen LogP contribution >= 0.6 is 39.1 Å². The molecule has 4 nitrogen and oxygen atoms in total. The average Bonchev–Trinajstić information content (AvgIpc) is 2.64. The quantitative estimate of drug-likeness (QED) is 0.627. The van der Waals surface area contributed by atoms with Crippen LogP contribution in [-0.4, -0.2) is 29.3 Å². The summed E-state index contributed by atoms with van der Waals surface area (Å²) in [6, 6.07) is 12.1. The fourth-order valence-corrected chi connectivity index (χ4v) is 3.44. The van der Waals surface area contributed by atoms with Crippen LogP contribution in [0.1, 0.15) is 25.0 Å². The molecule has 2 aromatic carbocycles. The van der Waals surface area contributed by atoms with Crippen LogP contribution in [0.3, 0.4) is 0 Å². The Morgan fingerprint density at radius 3 is 2.26 bits per heavy atom. The summed E-state index contributed by atoms with van der Waals surface area (Å²) >= 11 is 15.8. The number of hydrogen-bond acceptors (Lipinski definition) is 2. The topological polar surface area (TPSA) is 49.4 Å². The smallest absolute Gasteiger partial charge is 0.242 e. The predicted octanol–water partition coefficient (Wildman–Crippen LogP) is 4.85. The van der Waals surface area contributed by atoms with Crippen molar-refractivity contribution < 1.29 is 9.59 Å². The monoisotopic (exact) mass is 470 g/mol. The van der Waals surface area contributed by atoms with Crippen molar-refractivity contribution >= 4 is 50.9 Å². The summed E-state index contributed by atoms with van der Waals surface area (Å²) in [6.45, 7) is 4.37. The second-order valence-corrected chi connectivity index (χ2v) is 7.83. The van der Waals surface area contributed by atoms with Crippen LogP contribution in [-0.2, 0) is 22.6 Å². The van der Waals surface area contributed by atoms with Crippen LogP contribution in [0, 0.1) is 0 Å². The number of nitrogens with zero attached hydrogens (tertiary/aromatic N) is 1. The van der Waals surface area contributed by atoms with Crippen LogP contribution in [0.4, 0.5) is 0 Å². The molecule has 27 heavy (non-hydrogen) atoms. The van der Waals surface area contributed by atoms with Crippen molar-refractivity contribution in [2.24, 2.45) is 0 Å². The lowest BCUT2D eigenvalue weighted by molar-refractivity contribution is -0.140. The van der Waals surface area contributed by atoms with E-state index in [-0.39, 0.29) is 18.2 Å². The third kappa shape index (κ3) is 5.96. The first-order chi connectivity index (χ1) is 12.8. The molecule has 0 saturated carbocycles. The second-order valence-electron chi connectivity index (χ2n) is 6.10. The molecule has 0 aliphatic rings. The summed E-state index contributed by atoms with van der Waals surface area (Å²) < 4.78 is 0.948. The van der Waals surface area contributed by atoms with Gasteiger partial charge in [0.15, 0.2) is 0 Å². The summed E-state index contributed by atoms with van der Waals surface area (Å²) in [5.41, 5.74) is 1.49. The van der Waals surface area contributed by atoms with E-state index in [1.165, 1.54) is 0 Å². The molecular weight excluding hydrogens is 451 g/mol. The molecule has 0 bridgehead atoms. The molecule has 0 aliphatic carbocycles. The fourth-order valence-electron chi connectivity index (χ4n) is 2.65. The van der Waals surface area contributed by atoms with Gasteiger partial charge in [-0.25, -0.2) is 0 Å². The average molecular weight is 472 g/mol. The van der Waals surface area contributed by atoms with Gasteiger partial charge in [0.05, 0.1) is 6.42 Å². The minimum Gasteiger partial charge on any atom is -0.355 e. The molecule has 144 valence electrons. The van der Waals surface area contributed by atoms with E-state index in [1.807, 2.05) is 31.2 Å². The number of carbonyl (C=O) groups is 2. The number of rotatable bonds is 7. The largest absolute Gasteiger partial charge is 0.355 e. The first-order valence-corrected chi connectivity index (χ1v) is 10.1. The molecular formula is C20H21BrCl2N2O2. The van der Waals surface area contributed by atoms with Crippen molar-refractivity contribution in [2.45, 2.75) is 32.9 Å². The number of hydrogen-bond donors (Lipinski definition) is 1. The van der Waals surface area contributed by atoms with Gasteiger partial charge in [0.25, 0.3) is 0 Å². The lowest BCUT2D eigenvalue weighted by Gasteiger charge is -2.29. The van der Waals surface area contributed by atoms with Crippen molar-refractivity contribution in [3.05, 3.63) is 68.1 Å². The van der Waals surface area contributed by atoms with E-state index in [0.29, 0.717) is 28.7 Å². The highest BCUT2D eigenvalue weighted by molar-refractivity contribution is 9.10.